The molecule has 0 amide bonds. The van der Waals surface area contributed by atoms with Gasteiger partial charge in [-0.25, -0.2) is 0 Å². The van der Waals surface area contributed by atoms with Crippen LogP contribution in [0.15, 0.2) is 18.3 Å². The number of nitrogens with zero attached hydrogens (tertiary/aromatic N) is 4. The van der Waals surface area contributed by atoms with Crippen molar-refractivity contribution in [2.24, 2.45) is 14.1 Å². The van der Waals surface area contributed by atoms with E-state index in [0.29, 0.717) is 5.56 Å². The van der Waals surface area contributed by atoms with Crippen LogP contribution in [0.4, 0.5) is 0 Å². The lowest BCUT2D eigenvalue weighted by atomic mass is 10.1. The fourth-order valence-corrected chi connectivity index (χ4v) is 1.76. The van der Waals surface area contributed by atoms with E-state index in [9.17, 15) is 4.79 Å². The average Bonchev–Trinajstić information content (AvgIpc) is 2.79. The zero-order valence-corrected chi connectivity index (χ0v) is 11.0. The molecule has 5 nitrogen and oxygen atoms in total. The highest BCUT2D eigenvalue weighted by molar-refractivity contribution is 6.07. The zero-order valence-electron chi connectivity index (χ0n) is 11.0. The highest BCUT2D eigenvalue weighted by Gasteiger charge is 2.09. The molecule has 0 aliphatic heterocycles. The number of hydrogen-bond donors (Lipinski definition) is 0. The zero-order chi connectivity index (χ0) is 13.3. The van der Waals surface area contributed by atoms with Crippen LogP contribution in [0.25, 0.3) is 6.08 Å². The summed E-state index contributed by atoms with van der Waals surface area (Å²) in [6, 6.07) is 1.93. The molecule has 2 rings (SSSR count). The minimum atomic E-state index is -0.0519. The Morgan fingerprint density at radius 3 is 2.50 bits per heavy atom. The predicted octanol–water partition coefficient (Wildman–Crippen LogP) is 1.67. The number of allylic oxidation sites excluding steroid dienone is 1. The minimum Gasteiger partial charge on any atom is -0.289 e. The number of ketones is 1. The summed E-state index contributed by atoms with van der Waals surface area (Å²) in [6.45, 7) is 3.80. The van der Waals surface area contributed by atoms with Crippen molar-refractivity contribution in [3.8, 4) is 0 Å². The highest BCUT2D eigenvalue weighted by atomic mass is 16.1. The Bertz CT molecular complexity index is 599. The molecule has 0 aliphatic rings. The Kier molecular flexibility index (Phi) is 3.14. The normalized spacial score (nSPS) is 11.3. The van der Waals surface area contributed by atoms with Gasteiger partial charge in [-0.3, -0.25) is 14.2 Å². The molecular weight excluding hydrogens is 228 g/mol. The van der Waals surface area contributed by atoms with Gasteiger partial charge >= 0.3 is 0 Å². The monoisotopic (exact) mass is 244 g/mol. The van der Waals surface area contributed by atoms with E-state index in [0.717, 1.165) is 17.1 Å². The molecule has 2 heterocycles. The predicted molar refractivity (Wildman–Crippen MR) is 69.3 cm³/mol. The summed E-state index contributed by atoms with van der Waals surface area (Å²) in [4.78, 5) is 12.0. The van der Waals surface area contributed by atoms with E-state index in [2.05, 4.69) is 10.2 Å². The summed E-state index contributed by atoms with van der Waals surface area (Å²) in [6.07, 6.45) is 4.99. The molecule has 94 valence electrons. The largest absolute Gasteiger partial charge is 0.289 e. The molecule has 0 radical (unpaired) electrons. The number of aryl methyl sites for hydroxylation is 4. The van der Waals surface area contributed by atoms with Gasteiger partial charge in [0, 0.05) is 26.0 Å². The maximum absolute atomic E-state index is 12.0. The number of carbonyl (C=O) groups is 1. The van der Waals surface area contributed by atoms with E-state index in [1.807, 2.05) is 27.0 Å². The SMILES string of the molecule is Cc1nn(C)cc1C(=O)/C=C/c1cc(C)n(C)n1. The third kappa shape index (κ3) is 2.40. The molecule has 18 heavy (non-hydrogen) atoms. The van der Waals surface area contributed by atoms with Crippen molar-refractivity contribution in [3.05, 3.63) is 41.0 Å². The van der Waals surface area contributed by atoms with Gasteiger partial charge in [-0.2, -0.15) is 10.2 Å². The van der Waals surface area contributed by atoms with Gasteiger partial charge in [0.25, 0.3) is 0 Å². The Morgan fingerprint density at radius 1 is 1.28 bits per heavy atom. The van der Waals surface area contributed by atoms with Gasteiger partial charge in [0.05, 0.1) is 17.0 Å². The Hall–Kier alpha value is -2.17. The van der Waals surface area contributed by atoms with Crippen LogP contribution in [-0.2, 0) is 14.1 Å². The van der Waals surface area contributed by atoms with Crippen molar-refractivity contribution in [1.82, 2.24) is 19.6 Å². The molecule has 0 bridgehead atoms. The topological polar surface area (TPSA) is 52.7 Å². The lowest BCUT2D eigenvalue weighted by Crippen LogP contribution is -1.95. The molecule has 5 heteroatoms. The summed E-state index contributed by atoms with van der Waals surface area (Å²) in [5, 5.41) is 8.41. The first kappa shape index (κ1) is 12.3. The molecule has 0 atom stereocenters. The Labute approximate surface area is 106 Å². The Balaban J connectivity index is 2.19. The van der Waals surface area contributed by atoms with Crippen LogP contribution in [0.3, 0.4) is 0 Å². The van der Waals surface area contributed by atoms with Crippen molar-refractivity contribution in [1.29, 1.82) is 0 Å². The average molecular weight is 244 g/mol. The molecule has 0 saturated carbocycles. The molecule has 0 aliphatic carbocycles. The van der Waals surface area contributed by atoms with Crippen molar-refractivity contribution >= 4 is 11.9 Å². The Morgan fingerprint density at radius 2 is 2.00 bits per heavy atom. The number of carbonyl (C=O) groups excluding carboxylic acids is 1. The van der Waals surface area contributed by atoms with E-state index in [4.69, 9.17) is 0 Å². The standard InChI is InChI=1S/C13H16N4O/c1-9-7-11(15-17(9)4)5-6-13(18)12-8-16(3)14-10(12)2/h5-8H,1-4H3/b6-5+. The van der Waals surface area contributed by atoms with Crippen molar-refractivity contribution in [2.75, 3.05) is 0 Å². The molecule has 2 aromatic rings. The number of aromatic nitrogens is 4. The van der Waals surface area contributed by atoms with Gasteiger partial charge in [0.15, 0.2) is 5.78 Å². The molecule has 0 aromatic carbocycles. The smallest absolute Gasteiger partial charge is 0.189 e. The van der Waals surface area contributed by atoms with E-state index < -0.39 is 0 Å². The van der Waals surface area contributed by atoms with E-state index in [1.165, 1.54) is 6.08 Å². The van der Waals surface area contributed by atoms with Gasteiger partial charge in [-0.1, -0.05) is 0 Å². The van der Waals surface area contributed by atoms with Gasteiger partial charge in [0.2, 0.25) is 0 Å². The summed E-state index contributed by atoms with van der Waals surface area (Å²) < 4.78 is 3.42. The van der Waals surface area contributed by atoms with Crippen LogP contribution >= 0.6 is 0 Å². The fraction of sp³-hybridized carbons (Fsp3) is 0.308. The minimum absolute atomic E-state index is 0.0519. The van der Waals surface area contributed by atoms with Crippen LogP contribution in [0.2, 0.25) is 0 Å². The lowest BCUT2D eigenvalue weighted by molar-refractivity contribution is 0.104. The van der Waals surface area contributed by atoms with Crippen molar-refractivity contribution < 1.29 is 4.79 Å². The molecule has 0 spiro atoms. The second-order valence-corrected chi connectivity index (χ2v) is 4.33. The maximum atomic E-state index is 12.0. The van der Waals surface area contributed by atoms with E-state index in [-0.39, 0.29) is 5.78 Å². The maximum Gasteiger partial charge on any atom is 0.189 e. The highest BCUT2D eigenvalue weighted by Crippen LogP contribution is 2.09. The first-order valence-electron chi connectivity index (χ1n) is 5.70. The molecule has 2 aromatic heterocycles. The van der Waals surface area contributed by atoms with E-state index >= 15 is 0 Å². The van der Waals surface area contributed by atoms with Crippen LogP contribution in [-0.4, -0.2) is 25.3 Å². The first-order valence-corrected chi connectivity index (χ1v) is 5.70. The number of rotatable bonds is 3. The third-order valence-corrected chi connectivity index (χ3v) is 2.82. The van der Waals surface area contributed by atoms with Crippen molar-refractivity contribution in [3.63, 3.8) is 0 Å². The van der Waals surface area contributed by atoms with Gasteiger partial charge in [-0.05, 0) is 32.1 Å². The number of hydrogen-bond acceptors (Lipinski definition) is 3. The summed E-state index contributed by atoms with van der Waals surface area (Å²) in [5.74, 6) is -0.0519. The van der Waals surface area contributed by atoms with Crippen LogP contribution in [0.5, 0.6) is 0 Å². The molecule has 0 fully saturated rings. The van der Waals surface area contributed by atoms with Gasteiger partial charge < -0.3 is 0 Å². The molecular formula is C13H16N4O. The second kappa shape index (κ2) is 4.60. The van der Waals surface area contributed by atoms with E-state index in [1.54, 1.807) is 28.7 Å². The van der Waals surface area contributed by atoms with Crippen LogP contribution in [0.1, 0.15) is 27.4 Å². The summed E-state index contributed by atoms with van der Waals surface area (Å²) >= 11 is 0. The van der Waals surface area contributed by atoms with Crippen molar-refractivity contribution in [2.45, 2.75) is 13.8 Å². The first-order chi connectivity index (χ1) is 8.47. The lowest BCUT2D eigenvalue weighted by Gasteiger charge is -1.90. The molecule has 0 N–H and O–H groups in total. The fourth-order valence-electron chi connectivity index (χ4n) is 1.76. The van der Waals surface area contributed by atoms with Gasteiger partial charge in [-0.15, -0.1) is 0 Å². The second-order valence-electron chi connectivity index (χ2n) is 4.33. The summed E-state index contributed by atoms with van der Waals surface area (Å²) in [5.41, 5.74) is 3.20. The molecule has 0 saturated heterocycles. The third-order valence-electron chi connectivity index (χ3n) is 2.82. The van der Waals surface area contributed by atoms with Crippen LogP contribution < -0.4 is 0 Å². The van der Waals surface area contributed by atoms with Gasteiger partial charge in [0.1, 0.15) is 0 Å². The van der Waals surface area contributed by atoms with Crippen LogP contribution in [0, 0.1) is 13.8 Å². The summed E-state index contributed by atoms with van der Waals surface area (Å²) in [7, 11) is 3.68. The quantitative estimate of drug-likeness (QED) is 0.609. The molecule has 0 unspecified atom stereocenters.